The minimum Gasteiger partial charge on any atom is -0.462 e. The lowest BCUT2D eigenvalue weighted by Crippen LogP contribution is -2.30. The van der Waals surface area contributed by atoms with E-state index in [1.807, 2.05) is 0 Å². The maximum Gasteiger partial charge on any atom is 0.472 e. The molecule has 0 rings (SSSR count). The molecule has 0 fully saturated rings. The molecule has 0 heterocycles. The smallest absolute Gasteiger partial charge is 0.462 e. The lowest BCUT2D eigenvalue weighted by molar-refractivity contribution is -0.161. The van der Waals surface area contributed by atoms with Crippen molar-refractivity contribution in [3.63, 3.8) is 0 Å². The Balaban J connectivity index is 5.25. The molecule has 588 valence electrons. The second-order valence-corrected chi connectivity index (χ2v) is 33.1. The summed E-state index contributed by atoms with van der Waals surface area (Å²) in [6, 6.07) is 0. The predicted octanol–water partition coefficient (Wildman–Crippen LogP) is 23.6. The zero-order chi connectivity index (χ0) is 73.1. The monoisotopic (exact) mass is 1450 g/mol. The van der Waals surface area contributed by atoms with E-state index in [1.165, 1.54) is 205 Å². The molecule has 3 N–H and O–H groups in total. The lowest BCUT2D eigenvalue weighted by Gasteiger charge is -2.21. The number of hydrogen-bond acceptors (Lipinski definition) is 15. The van der Waals surface area contributed by atoms with E-state index in [4.69, 9.17) is 37.0 Å². The first-order valence-electron chi connectivity index (χ1n) is 41.3. The highest BCUT2D eigenvalue weighted by Gasteiger charge is 2.30. The van der Waals surface area contributed by atoms with Gasteiger partial charge in [0.2, 0.25) is 0 Å². The molecule has 0 aliphatic heterocycles. The van der Waals surface area contributed by atoms with E-state index in [0.29, 0.717) is 31.6 Å². The molecule has 0 aromatic rings. The summed E-state index contributed by atoms with van der Waals surface area (Å²) in [5.74, 6) is 1.04. The van der Waals surface area contributed by atoms with Crippen LogP contribution >= 0.6 is 15.6 Å². The van der Waals surface area contributed by atoms with Gasteiger partial charge in [0.25, 0.3) is 0 Å². The van der Waals surface area contributed by atoms with Crippen molar-refractivity contribution < 1.29 is 80.2 Å². The van der Waals surface area contributed by atoms with E-state index < -0.39 is 97.5 Å². The van der Waals surface area contributed by atoms with Crippen LogP contribution in [0, 0.1) is 23.7 Å². The Morgan fingerprint density at radius 3 is 0.717 bits per heavy atom. The summed E-state index contributed by atoms with van der Waals surface area (Å²) in [6.45, 7) is 14.3. The molecule has 0 aliphatic rings. The fourth-order valence-corrected chi connectivity index (χ4v) is 13.8. The van der Waals surface area contributed by atoms with Crippen LogP contribution in [0.3, 0.4) is 0 Å². The fraction of sp³-hybridized carbons (Fsp3) is 0.950. The number of esters is 4. The SMILES string of the molecule is CCC(C)CCCCCCCCCCCCCCCCC(=O)O[C@H](COC(=O)CCCCCCCCCCCCC(C)CC)COP(=O)(O)OCC(O)COP(=O)(O)OC[C@@H](COC(=O)CCCCCCCCCC(C)C)OC(=O)CCCCCCCCCCCCCCCCC(C)C. The van der Waals surface area contributed by atoms with Crippen LogP contribution in [0.1, 0.15) is 409 Å². The van der Waals surface area contributed by atoms with Crippen LogP contribution in [0.5, 0.6) is 0 Å². The normalized spacial score (nSPS) is 14.6. The van der Waals surface area contributed by atoms with Gasteiger partial charge in [-0.1, -0.05) is 357 Å². The van der Waals surface area contributed by atoms with Gasteiger partial charge < -0.3 is 33.8 Å². The Bertz CT molecular complexity index is 1940. The highest BCUT2D eigenvalue weighted by atomic mass is 31.2. The molecule has 0 saturated carbocycles. The third kappa shape index (κ3) is 71.5. The van der Waals surface area contributed by atoms with Crippen LogP contribution in [-0.2, 0) is 65.4 Å². The Labute approximate surface area is 607 Å². The molecule has 0 radical (unpaired) electrons. The number of unbranched alkanes of at least 4 members (excludes halogenated alkanes) is 41. The summed E-state index contributed by atoms with van der Waals surface area (Å²) in [6.07, 6.45) is 55.4. The van der Waals surface area contributed by atoms with Gasteiger partial charge in [0.1, 0.15) is 19.3 Å². The minimum atomic E-state index is -4.96. The van der Waals surface area contributed by atoms with Gasteiger partial charge in [-0.25, -0.2) is 9.13 Å². The Morgan fingerprint density at radius 1 is 0.283 bits per heavy atom. The summed E-state index contributed by atoms with van der Waals surface area (Å²) in [5.41, 5.74) is 0. The summed E-state index contributed by atoms with van der Waals surface area (Å²) in [5, 5.41) is 10.6. The molecule has 0 amide bonds. The number of aliphatic hydroxyl groups excluding tert-OH is 1. The molecule has 0 aromatic heterocycles. The van der Waals surface area contributed by atoms with Crippen LogP contribution in [0.25, 0.3) is 0 Å². The average molecular weight is 1450 g/mol. The number of rotatable bonds is 77. The molecule has 99 heavy (non-hydrogen) atoms. The van der Waals surface area contributed by atoms with Gasteiger partial charge >= 0.3 is 39.5 Å². The lowest BCUT2D eigenvalue weighted by atomic mass is 9.99. The van der Waals surface area contributed by atoms with Gasteiger partial charge in [-0.15, -0.1) is 0 Å². The summed E-state index contributed by atoms with van der Waals surface area (Å²) < 4.78 is 68.7. The number of carbonyl (C=O) groups is 4. The topological polar surface area (TPSA) is 237 Å². The van der Waals surface area contributed by atoms with E-state index in [0.717, 1.165) is 114 Å². The molecule has 7 atom stereocenters. The fourth-order valence-electron chi connectivity index (χ4n) is 12.2. The second kappa shape index (κ2) is 69.1. The van der Waals surface area contributed by atoms with Crippen molar-refractivity contribution in [3.8, 4) is 0 Å². The van der Waals surface area contributed by atoms with Crippen molar-refractivity contribution in [2.45, 2.75) is 427 Å². The van der Waals surface area contributed by atoms with Crippen LogP contribution in [0.2, 0.25) is 0 Å². The first-order chi connectivity index (χ1) is 47.7. The largest absolute Gasteiger partial charge is 0.472 e. The van der Waals surface area contributed by atoms with E-state index in [-0.39, 0.29) is 25.7 Å². The third-order valence-electron chi connectivity index (χ3n) is 19.3. The number of aliphatic hydroxyl groups is 1. The van der Waals surface area contributed by atoms with Crippen LogP contribution < -0.4 is 0 Å². The highest BCUT2D eigenvalue weighted by Crippen LogP contribution is 2.45. The van der Waals surface area contributed by atoms with Gasteiger partial charge in [-0.3, -0.25) is 37.3 Å². The molecule has 5 unspecified atom stereocenters. The first-order valence-corrected chi connectivity index (χ1v) is 44.3. The summed E-state index contributed by atoms with van der Waals surface area (Å²) >= 11 is 0. The molecule has 19 heteroatoms. The van der Waals surface area contributed by atoms with E-state index >= 15 is 0 Å². The van der Waals surface area contributed by atoms with E-state index in [9.17, 15) is 43.2 Å². The molecule has 0 aromatic carbocycles. The van der Waals surface area contributed by atoms with Crippen molar-refractivity contribution >= 4 is 39.5 Å². The minimum absolute atomic E-state index is 0.106. The maximum atomic E-state index is 13.1. The van der Waals surface area contributed by atoms with Gasteiger partial charge in [-0.05, 0) is 49.4 Å². The van der Waals surface area contributed by atoms with E-state index in [1.54, 1.807) is 0 Å². The van der Waals surface area contributed by atoms with Gasteiger partial charge in [0.05, 0.1) is 26.4 Å². The van der Waals surface area contributed by atoms with Crippen LogP contribution in [0.4, 0.5) is 0 Å². The van der Waals surface area contributed by atoms with Crippen molar-refractivity contribution in [3.05, 3.63) is 0 Å². The van der Waals surface area contributed by atoms with Gasteiger partial charge in [0.15, 0.2) is 12.2 Å². The zero-order valence-corrected chi connectivity index (χ0v) is 66.9. The Morgan fingerprint density at radius 2 is 0.485 bits per heavy atom. The molecule has 17 nitrogen and oxygen atoms in total. The quantitative estimate of drug-likeness (QED) is 0.0222. The molecule has 0 aliphatic carbocycles. The predicted molar refractivity (Wildman–Crippen MR) is 404 cm³/mol. The van der Waals surface area contributed by atoms with Gasteiger partial charge in [-0.2, -0.15) is 0 Å². The molecule has 0 spiro atoms. The summed E-state index contributed by atoms with van der Waals surface area (Å²) in [4.78, 5) is 73.0. The second-order valence-electron chi connectivity index (χ2n) is 30.2. The standard InChI is InChI=1S/C80H156O17P2/c1-9-72(7)58-50-42-34-26-20-16-12-14-18-22-30-38-47-55-62-79(84)96-75(66-90-77(82)60-52-44-36-28-24-23-27-35-43-51-59-73(8)10-2)68-94-98(86,87)92-64-74(81)65-93-99(88,89)95-69-76(67-91-78(83)61-53-45-39-31-33-41-49-57-71(5)6)97-80(85)63-54-46-37-29-21-17-13-11-15-19-25-32-40-48-56-70(3)4/h70-76,81H,9-69H2,1-8H3,(H,86,87)(H,88,89)/t72?,73?,74?,75-,76-/m1/s1. The number of ether oxygens (including phenoxy) is 4. The number of phosphoric ester groups is 2. The van der Waals surface area contributed by atoms with Crippen molar-refractivity contribution in [1.82, 2.24) is 0 Å². The maximum absolute atomic E-state index is 13.1. The average Bonchev–Trinajstić information content (AvgIpc) is 1.14. The first kappa shape index (κ1) is 97.1. The molecule has 0 saturated heterocycles. The van der Waals surface area contributed by atoms with Crippen molar-refractivity contribution in [2.75, 3.05) is 39.6 Å². The molecule has 0 bridgehead atoms. The van der Waals surface area contributed by atoms with E-state index in [2.05, 4.69) is 55.4 Å². The molecular weight excluding hydrogens is 1290 g/mol. The Kier molecular flexibility index (Phi) is 67.8. The number of carbonyl (C=O) groups excluding carboxylic acids is 4. The third-order valence-corrected chi connectivity index (χ3v) is 21.2. The van der Waals surface area contributed by atoms with Crippen LogP contribution in [-0.4, -0.2) is 96.7 Å². The highest BCUT2D eigenvalue weighted by molar-refractivity contribution is 7.47. The van der Waals surface area contributed by atoms with Crippen molar-refractivity contribution in [2.24, 2.45) is 23.7 Å². The summed E-state index contributed by atoms with van der Waals surface area (Å²) in [7, 11) is -9.92. The zero-order valence-electron chi connectivity index (χ0n) is 65.1. The molecular formula is C80H156O17P2. The number of phosphoric acid groups is 2. The number of hydrogen-bond donors (Lipinski definition) is 3. The van der Waals surface area contributed by atoms with Crippen LogP contribution in [0.15, 0.2) is 0 Å². The Hall–Kier alpha value is -1.94. The van der Waals surface area contributed by atoms with Crippen molar-refractivity contribution in [1.29, 1.82) is 0 Å². The van der Waals surface area contributed by atoms with Gasteiger partial charge in [0, 0.05) is 25.7 Å².